The Bertz CT molecular complexity index is 664. The van der Waals surface area contributed by atoms with E-state index < -0.39 is 0 Å². The predicted molar refractivity (Wildman–Crippen MR) is 90.4 cm³/mol. The van der Waals surface area contributed by atoms with Crippen molar-refractivity contribution in [2.45, 2.75) is 52.4 Å². The second kappa shape index (κ2) is 6.20. The highest BCUT2D eigenvalue weighted by Crippen LogP contribution is 2.24. The Morgan fingerprint density at radius 1 is 1.41 bits per heavy atom. The van der Waals surface area contributed by atoms with E-state index in [1.54, 1.807) is 16.0 Å². The van der Waals surface area contributed by atoms with E-state index in [0.717, 1.165) is 16.4 Å². The first-order chi connectivity index (χ1) is 10.2. The first-order valence-electron chi connectivity index (χ1n) is 7.45. The van der Waals surface area contributed by atoms with Crippen LogP contribution >= 0.6 is 11.3 Å². The molecule has 0 saturated carbocycles. The molecular formula is C16H24N4OS. The Hall–Kier alpha value is -1.69. The maximum Gasteiger partial charge on any atom is 0.231 e. The zero-order valence-corrected chi connectivity index (χ0v) is 14.9. The molecule has 0 fully saturated rings. The van der Waals surface area contributed by atoms with Gasteiger partial charge in [0.25, 0.3) is 0 Å². The van der Waals surface area contributed by atoms with Gasteiger partial charge in [-0.1, -0.05) is 34.6 Å². The monoisotopic (exact) mass is 320 g/mol. The normalized spacial score (nSPS) is 12.0. The largest absolute Gasteiger partial charge is 0.311 e. The smallest absolute Gasteiger partial charge is 0.231 e. The second-order valence-corrected chi connectivity index (χ2v) is 7.73. The molecular weight excluding hydrogens is 296 g/mol. The van der Waals surface area contributed by atoms with Gasteiger partial charge in [-0.3, -0.25) is 9.48 Å². The average Bonchev–Trinajstić information content (AvgIpc) is 2.97. The van der Waals surface area contributed by atoms with Crippen LogP contribution in [0, 0.1) is 0 Å². The summed E-state index contributed by atoms with van der Waals surface area (Å²) in [5.74, 6) is 1.05. The number of nitrogens with one attached hydrogen (secondary N) is 1. The second-order valence-electron chi connectivity index (χ2n) is 6.85. The molecule has 0 aliphatic carbocycles. The van der Waals surface area contributed by atoms with Crippen LogP contribution < -0.4 is 5.32 Å². The molecule has 0 bridgehead atoms. The molecule has 0 atom stereocenters. The minimum absolute atomic E-state index is 0.0399. The lowest BCUT2D eigenvalue weighted by Gasteiger charge is -2.13. The zero-order valence-electron chi connectivity index (χ0n) is 14.1. The van der Waals surface area contributed by atoms with E-state index in [9.17, 15) is 4.79 Å². The third-order valence-corrected chi connectivity index (χ3v) is 4.51. The Morgan fingerprint density at radius 3 is 2.59 bits per heavy atom. The topological polar surface area (TPSA) is 59.8 Å². The maximum atomic E-state index is 12.2. The minimum atomic E-state index is -0.0657. The van der Waals surface area contributed by atoms with Crippen LogP contribution in [0.1, 0.15) is 56.9 Å². The number of carbonyl (C=O) groups is 1. The third kappa shape index (κ3) is 3.94. The number of hydrogen-bond acceptors (Lipinski definition) is 4. The van der Waals surface area contributed by atoms with Crippen molar-refractivity contribution in [3.05, 3.63) is 27.8 Å². The number of amides is 1. The maximum absolute atomic E-state index is 12.2. The van der Waals surface area contributed by atoms with E-state index >= 15 is 0 Å². The van der Waals surface area contributed by atoms with Gasteiger partial charge in [0, 0.05) is 29.8 Å². The fraction of sp³-hybridized carbons (Fsp3) is 0.562. The summed E-state index contributed by atoms with van der Waals surface area (Å²) in [6.07, 6.45) is 0.291. The Kier molecular flexibility index (Phi) is 4.70. The molecule has 1 amide bonds. The number of anilines is 1. The average molecular weight is 320 g/mol. The molecule has 0 saturated heterocycles. The van der Waals surface area contributed by atoms with Crippen LogP contribution in [0.15, 0.2) is 11.4 Å². The van der Waals surface area contributed by atoms with Gasteiger partial charge < -0.3 is 5.32 Å². The van der Waals surface area contributed by atoms with Crippen LogP contribution in [-0.4, -0.2) is 20.7 Å². The highest BCUT2D eigenvalue weighted by Gasteiger charge is 2.20. The third-order valence-electron chi connectivity index (χ3n) is 3.32. The van der Waals surface area contributed by atoms with Gasteiger partial charge in [-0.05, 0) is 0 Å². The van der Waals surface area contributed by atoms with Crippen LogP contribution in [0.4, 0.5) is 5.82 Å². The summed E-state index contributed by atoms with van der Waals surface area (Å²) in [6, 6.07) is 1.93. The van der Waals surface area contributed by atoms with Gasteiger partial charge in [-0.2, -0.15) is 5.10 Å². The fourth-order valence-electron chi connectivity index (χ4n) is 1.97. The lowest BCUT2D eigenvalue weighted by Crippen LogP contribution is -2.16. The standard InChI is InChI=1S/C16H24N4OS/c1-10(2)15-17-11(9-22-15)7-14(21)18-13-8-12(16(3,4)5)19-20(13)6/h8-10H,7H2,1-6H3,(H,18,21). The van der Waals surface area contributed by atoms with Gasteiger partial charge in [-0.15, -0.1) is 11.3 Å². The van der Waals surface area contributed by atoms with Crippen molar-refractivity contribution in [1.82, 2.24) is 14.8 Å². The van der Waals surface area contributed by atoms with Crippen LogP contribution in [0.2, 0.25) is 0 Å². The molecule has 2 aromatic heterocycles. The van der Waals surface area contributed by atoms with Crippen LogP contribution in [-0.2, 0) is 23.7 Å². The number of rotatable bonds is 4. The lowest BCUT2D eigenvalue weighted by molar-refractivity contribution is -0.115. The summed E-state index contributed by atoms with van der Waals surface area (Å²) in [5.41, 5.74) is 1.74. The number of aromatic nitrogens is 3. The number of thiazole rings is 1. The van der Waals surface area contributed by atoms with Gasteiger partial charge in [-0.25, -0.2) is 4.98 Å². The van der Waals surface area contributed by atoms with Gasteiger partial charge >= 0.3 is 0 Å². The van der Waals surface area contributed by atoms with Gasteiger partial charge in [0.1, 0.15) is 5.82 Å². The highest BCUT2D eigenvalue weighted by atomic mass is 32.1. The van der Waals surface area contributed by atoms with E-state index in [1.807, 2.05) is 18.5 Å². The zero-order chi connectivity index (χ0) is 16.5. The van der Waals surface area contributed by atoms with E-state index in [0.29, 0.717) is 18.2 Å². The fourth-order valence-corrected chi connectivity index (χ4v) is 2.81. The molecule has 2 rings (SSSR count). The molecule has 0 unspecified atom stereocenters. The van der Waals surface area contributed by atoms with Crippen LogP contribution in [0.3, 0.4) is 0 Å². The van der Waals surface area contributed by atoms with Crippen molar-refractivity contribution in [1.29, 1.82) is 0 Å². The molecule has 0 spiro atoms. The van der Waals surface area contributed by atoms with Gasteiger partial charge in [0.2, 0.25) is 5.91 Å². The molecule has 0 aliphatic heterocycles. The number of aryl methyl sites for hydroxylation is 1. The molecule has 5 nitrogen and oxygen atoms in total. The van der Waals surface area contributed by atoms with Gasteiger partial charge in [0.05, 0.1) is 22.8 Å². The van der Waals surface area contributed by atoms with Crippen molar-refractivity contribution in [2.24, 2.45) is 7.05 Å². The Balaban J connectivity index is 2.04. The van der Waals surface area contributed by atoms with E-state index in [4.69, 9.17) is 0 Å². The minimum Gasteiger partial charge on any atom is -0.311 e. The quantitative estimate of drug-likeness (QED) is 0.938. The van der Waals surface area contributed by atoms with E-state index in [1.165, 1.54) is 0 Å². The lowest BCUT2D eigenvalue weighted by atomic mass is 9.92. The summed E-state index contributed by atoms with van der Waals surface area (Å²) >= 11 is 1.61. The summed E-state index contributed by atoms with van der Waals surface area (Å²) in [5, 5.41) is 10.4. The predicted octanol–water partition coefficient (Wildman–Crippen LogP) is 3.48. The van der Waals surface area contributed by atoms with Crippen molar-refractivity contribution < 1.29 is 4.79 Å². The summed E-state index contributed by atoms with van der Waals surface area (Å²) < 4.78 is 1.71. The van der Waals surface area contributed by atoms with Crippen molar-refractivity contribution in [3.8, 4) is 0 Å². The molecule has 2 aromatic rings. The molecule has 2 heterocycles. The van der Waals surface area contributed by atoms with Crippen molar-refractivity contribution in [3.63, 3.8) is 0 Å². The summed E-state index contributed by atoms with van der Waals surface area (Å²) in [4.78, 5) is 16.7. The first-order valence-corrected chi connectivity index (χ1v) is 8.33. The number of nitrogens with zero attached hydrogens (tertiary/aromatic N) is 3. The summed E-state index contributed by atoms with van der Waals surface area (Å²) in [7, 11) is 1.84. The van der Waals surface area contributed by atoms with Gasteiger partial charge in [0.15, 0.2) is 0 Å². The van der Waals surface area contributed by atoms with Crippen molar-refractivity contribution in [2.75, 3.05) is 5.32 Å². The first kappa shape index (κ1) is 16.7. The highest BCUT2D eigenvalue weighted by molar-refractivity contribution is 7.09. The Morgan fingerprint density at radius 2 is 2.09 bits per heavy atom. The molecule has 1 N–H and O–H groups in total. The van der Waals surface area contributed by atoms with Crippen LogP contribution in [0.5, 0.6) is 0 Å². The summed E-state index contributed by atoms with van der Waals surface area (Å²) in [6.45, 7) is 10.5. The molecule has 22 heavy (non-hydrogen) atoms. The van der Waals surface area contributed by atoms with E-state index in [2.05, 4.69) is 50.0 Å². The SMILES string of the molecule is CC(C)c1nc(CC(=O)Nc2cc(C(C)(C)C)nn2C)cs1. The molecule has 6 heteroatoms. The number of hydrogen-bond donors (Lipinski definition) is 1. The Labute approximate surface area is 135 Å². The molecule has 0 aliphatic rings. The van der Waals surface area contributed by atoms with Crippen LogP contribution in [0.25, 0.3) is 0 Å². The molecule has 120 valence electrons. The van der Waals surface area contributed by atoms with E-state index in [-0.39, 0.29) is 11.3 Å². The van der Waals surface area contributed by atoms with Crippen molar-refractivity contribution >= 4 is 23.1 Å². The number of carbonyl (C=O) groups excluding carboxylic acids is 1. The molecule has 0 aromatic carbocycles. The molecule has 0 radical (unpaired) electrons.